The van der Waals surface area contributed by atoms with Crippen LogP contribution in [0.5, 0.6) is 0 Å². The molecule has 3 unspecified atom stereocenters. The number of rotatable bonds is 3. The zero-order valence-corrected chi connectivity index (χ0v) is 19.5. The van der Waals surface area contributed by atoms with E-state index in [9.17, 15) is 14.7 Å². The van der Waals surface area contributed by atoms with Gasteiger partial charge in [-0.2, -0.15) is 0 Å². The summed E-state index contributed by atoms with van der Waals surface area (Å²) in [6.07, 6.45) is 6.24. The number of hydrogen-bond acceptors (Lipinski definition) is 4. The van der Waals surface area contributed by atoms with Crippen molar-refractivity contribution in [2.45, 2.75) is 39.7 Å². The smallest absolute Gasteiger partial charge is 0.205 e. The Morgan fingerprint density at radius 2 is 1.37 bits per heavy atom. The quantitative estimate of drug-likeness (QED) is 0.566. The van der Waals surface area contributed by atoms with Crippen LogP contribution in [0.3, 0.4) is 0 Å². The van der Waals surface area contributed by atoms with Crippen LogP contribution in [0, 0.1) is 11.8 Å². The number of ketones is 2. The highest BCUT2D eigenvalue weighted by atomic mass is 16.3. The molecular weight excluding hydrogens is 376 g/mol. The average molecular weight is 413 g/mol. The van der Waals surface area contributed by atoms with Gasteiger partial charge in [0.2, 0.25) is 11.6 Å². The molecule has 0 aromatic heterocycles. The predicted molar refractivity (Wildman–Crippen MR) is 122 cm³/mol. The highest BCUT2D eigenvalue weighted by Gasteiger charge is 2.46. The lowest BCUT2D eigenvalue weighted by Crippen LogP contribution is -2.39. The topological polar surface area (TPSA) is 63.5 Å². The largest absolute Gasteiger partial charge is 0.851 e. The Balaban J connectivity index is 0.00000106. The van der Waals surface area contributed by atoms with Gasteiger partial charge in [-0.15, -0.1) is 6.10 Å². The zero-order valence-electron chi connectivity index (χ0n) is 19.5. The van der Waals surface area contributed by atoms with Crippen LogP contribution < -0.4 is 10.0 Å². The van der Waals surface area contributed by atoms with Crippen LogP contribution >= 0.6 is 0 Å². The number of carbonyl (C=O) groups is 2. The van der Waals surface area contributed by atoms with Crippen molar-refractivity contribution in [3.05, 3.63) is 54.1 Å². The summed E-state index contributed by atoms with van der Waals surface area (Å²) in [6.45, 7) is 8.00. The van der Waals surface area contributed by atoms with E-state index < -0.39 is 29.5 Å². The molecule has 5 heteroatoms. The number of nitrogens with zero attached hydrogens (tertiary/aromatic N) is 2. The van der Waals surface area contributed by atoms with Crippen LogP contribution in [0.2, 0.25) is 0 Å². The molecule has 2 aliphatic carbocycles. The molecule has 0 amide bonds. The minimum atomic E-state index is -1.26. The van der Waals surface area contributed by atoms with Gasteiger partial charge in [0.25, 0.3) is 0 Å². The number of hydrogen-bond donors (Lipinski definition) is 0. The predicted octanol–water partition coefficient (Wildman–Crippen LogP) is 2.84. The molecule has 0 heterocycles. The number of carbonyl (C=O) groups excluding carboxylic acids is 2. The normalized spacial score (nSPS) is 24.6. The van der Waals surface area contributed by atoms with E-state index in [1.165, 1.54) is 0 Å². The van der Waals surface area contributed by atoms with Crippen LogP contribution in [-0.4, -0.2) is 56.1 Å². The number of Topliss-reactive ketones (excluding diaryl/α,β-unsaturated/α-hetero) is 2. The van der Waals surface area contributed by atoms with Gasteiger partial charge in [0.05, 0.1) is 0 Å². The van der Waals surface area contributed by atoms with Crippen molar-refractivity contribution in [3.63, 3.8) is 0 Å². The molecule has 1 fully saturated rings. The minimum absolute atomic E-state index is 0.330. The van der Waals surface area contributed by atoms with Crippen molar-refractivity contribution in [1.29, 1.82) is 0 Å². The third-order valence-electron chi connectivity index (χ3n) is 5.19. The molecule has 0 radical (unpaired) electrons. The van der Waals surface area contributed by atoms with Crippen LogP contribution in [-0.2, 0) is 9.59 Å². The second-order valence-corrected chi connectivity index (χ2v) is 7.30. The zero-order chi connectivity index (χ0) is 23.0. The molecule has 0 aliphatic heterocycles. The van der Waals surface area contributed by atoms with Crippen LogP contribution in [0.1, 0.15) is 39.2 Å². The van der Waals surface area contributed by atoms with Gasteiger partial charge in [0, 0.05) is 49.7 Å². The Kier molecular flexibility index (Phi) is 9.86. The van der Waals surface area contributed by atoms with Crippen molar-refractivity contribution in [2.75, 3.05) is 33.1 Å². The van der Waals surface area contributed by atoms with E-state index in [1.807, 2.05) is 102 Å². The first-order chi connectivity index (χ1) is 14.3. The minimum Gasteiger partial charge on any atom is -0.851 e. The van der Waals surface area contributed by atoms with Gasteiger partial charge in [-0.25, -0.2) is 4.58 Å². The van der Waals surface area contributed by atoms with Crippen LogP contribution in [0.4, 0.5) is 5.69 Å². The molecule has 2 aliphatic rings. The fraction of sp³-hybridized carbons (Fsp3) is 0.480. The standard InChI is InChI=1S/C21H24N2O3.2C2H6/c1-22(2)15-9-5-13(6-10-15)17-19(24)18(21(26)20(17)25)14-7-11-16(12-8-14)23(3)4;2*1-2/h5-13,17-19H,1-4H3;2*1-2H3. The van der Waals surface area contributed by atoms with E-state index >= 15 is 0 Å². The molecule has 3 atom stereocenters. The number of anilines is 1. The summed E-state index contributed by atoms with van der Waals surface area (Å²) < 4.78 is 1.95. The molecule has 0 N–H and O–H groups in total. The van der Waals surface area contributed by atoms with Crippen LogP contribution in [0.15, 0.2) is 48.6 Å². The molecule has 3 rings (SSSR count). The summed E-state index contributed by atoms with van der Waals surface area (Å²) in [5, 5.41) is 13.0. The molecule has 0 saturated heterocycles. The first kappa shape index (κ1) is 25.5. The van der Waals surface area contributed by atoms with E-state index in [1.54, 1.807) is 12.1 Å². The van der Waals surface area contributed by atoms with Gasteiger partial charge in [-0.3, -0.25) is 9.59 Å². The lowest BCUT2D eigenvalue weighted by molar-refractivity contribution is -0.462. The molecular formula is C25H36N2O3. The Hall–Kier alpha value is -2.53. The van der Waals surface area contributed by atoms with E-state index in [2.05, 4.69) is 0 Å². The first-order valence-corrected chi connectivity index (χ1v) is 10.7. The number of benzene rings is 1. The molecule has 1 aromatic rings. The number of allylic oxidation sites excluding steroid dienone is 4. The molecule has 5 nitrogen and oxygen atoms in total. The third kappa shape index (κ3) is 5.33. The second kappa shape index (κ2) is 11.6. The maximum absolute atomic E-state index is 13.0. The van der Waals surface area contributed by atoms with Gasteiger partial charge in [-0.1, -0.05) is 52.0 Å². The fourth-order valence-electron chi connectivity index (χ4n) is 3.61. The summed E-state index contributed by atoms with van der Waals surface area (Å²) in [6, 6.07) is 7.30. The lowest BCUT2D eigenvalue weighted by atomic mass is 9.83. The molecule has 30 heavy (non-hydrogen) atoms. The van der Waals surface area contributed by atoms with E-state index in [0.29, 0.717) is 5.56 Å². The molecule has 0 spiro atoms. The van der Waals surface area contributed by atoms with Gasteiger partial charge >= 0.3 is 0 Å². The monoisotopic (exact) mass is 412 g/mol. The van der Waals surface area contributed by atoms with E-state index in [4.69, 9.17) is 0 Å². The van der Waals surface area contributed by atoms with Crippen LogP contribution in [0.25, 0.3) is 0 Å². The summed E-state index contributed by atoms with van der Waals surface area (Å²) in [7, 11) is 7.70. The summed E-state index contributed by atoms with van der Waals surface area (Å²) in [5.41, 5.74) is 2.60. The second-order valence-electron chi connectivity index (χ2n) is 7.30. The summed E-state index contributed by atoms with van der Waals surface area (Å²) in [4.78, 5) is 27.0. The van der Waals surface area contributed by atoms with E-state index in [-0.39, 0.29) is 5.92 Å². The van der Waals surface area contributed by atoms with Crippen molar-refractivity contribution in [3.8, 4) is 0 Å². The van der Waals surface area contributed by atoms with Gasteiger partial charge in [-0.05, 0) is 17.7 Å². The first-order valence-electron chi connectivity index (χ1n) is 10.7. The third-order valence-corrected chi connectivity index (χ3v) is 5.19. The highest BCUT2D eigenvalue weighted by molar-refractivity contribution is 6.42. The Morgan fingerprint density at radius 3 is 1.80 bits per heavy atom. The Morgan fingerprint density at radius 1 is 0.867 bits per heavy atom. The molecule has 164 valence electrons. The van der Waals surface area contributed by atoms with Gasteiger partial charge < -0.3 is 10.0 Å². The maximum Gasteiger partial charge on any atom is 0.205 e. The Bertz CT molecular complexity index is 799. The van der Waals surface area contributed by atoms with Gasteiger partial charge in [0.1, 0.15) is 14.1 Å². The molecule has 1 aromatic carbocycles. The highest BCUT2D eigenvalue weighted by Crippen LogP contribution is 2.38. The van der Waals surface area contributed by atoms with Crippen molar-refractivity contribution in [1.82, 2.24) is 0 Å². The average Bonchev–Trinajstić information content (AvgIpc) is 2.99. The van der Waals surface area contributed by atoms with Crippen molar-refractivity contribution < 1.29 is 19.3 Å². The fourth-order valence-corrected chi connectivity index (χ4v) is 3.61. The molecule has 0 bridgehead atoms. The van der Waals surface area contributed by atoms with Crippen molar-refractivity contribution >= 4 is 23.0 Å². The Labute approximate surface area is 181 Å². The SMILES string of the molecule is CC.CC.CN(C)c1ccc(C2C(=O)C(=O)C(C3C=CC(=[N+](C)C)C=C3)C2[O-])cc1. The van der Waals surface area contributed by atoms with E-state index in [0.717, 1.165) is 11.4 Å². The van der Waals surface area contributed by atoms with Crippen molar-refractivity contribution in [2.24, 2.45) is 11.8 Å². The maximum atomic E-state index is 13.0. The van der Waals surface area contributed by atoms with Gasteiger partial charge in [0.15, 0.2) is 5.71 Å². The summed E-state index contributed by atoms with van der Waals surface area (Å²) >= 11 is 0. The summed E-state index contributed by atoms with van der Waals surface area (Å²) in [5.74, 6) is -3.17. The lowest BCUT2D eigenvalue weighted by Gasteiger charge is -2.31. The molecule has 1 saturated carbocycles.